The Kier molecular flexibility index (Phi) is 4.62. The molecule has 1 atom stereocenters. The first kappa shape index (κ1) is 17.3. The Balaban J connectivity index is 1.82. The van der Waals surface area contributed by atoms with E-state index in [9.17, 15) is 13.2 Å². The van der Waals surface area contributed by atoms with Crippen LogP contribution in [0.2, 0.25) is 0 Å². The van der Waals surface area contributed by atoms with Crippen molar-refractivity contribution >= 4 is 10.9 Å². The van der Waals surface area contributed by atoms with Gasteiger partial charge in [-0.25, -0.2) is 0 Å². The Labute approximate surface area is 140 Å². The summed E-state index contributed by atoms with van der Waals surface area (Å²) in [6, 6.07) is 4.24. The van der Waals surface area contributed by atoms with Crippen molar-refractivity contribution in [3.05, 3.63) is 35.0 Å². The monoisotopic (exact) mass is 339 g/mol. The first-order valence-corrected chi connectivity index (χ1v) is 8.39. The fourth-order valence-corrected chi connectivity index (χ4v) is 3.51. The van der Waals surface area contributed by atoms with Gasteiger partial charge in [-0.05, 0) is 48.7 Å². The molecule has 0 aliphatic carbocycles. The lowest BCUT2D eigenvalue weighted by Gasteiger charge is -2.15. The molecule has 1 unspecified atom stereocenters. The number of rotatable bonds is 5. The van der Waals surface area contributed by atoms with Crippen LogP contribution < -0.4 is 5.32 Å². The lowest BCUT2D eigenvalue weighted by Crippen LogP contribution is -2.36. The van der Waals surface area contributed by atoms with Crippen molar-refractivity contribution in [1.29, 1.82) is 0 Å². The number of alkyl halides is 3. The van der Waals surface area contributed by atoms with Gasteiger partial charge in [-0.1, -0.05) is 6.92 Å². The third kappa shape index (κ3) is 3.59. The van der Waals surface area contributed by atoms with Crippen molar-refractivity contribution in [1.82, 2.24) is 14.8 Å². The minimum Gasteiger partial charge on any atom is -0.350 e. The molecule has 0 spiro atoms. The molecule has 3 rings (SSSR count). The molecule has 0 saturated heterocycles. The van der Waals surface area contributed by atoms with E-state index in [-0.39, 0.29) is 6.04 Å². The van der Waals surface area contributed by atoms with E-state index in [2.05, 4.69) is 33.8 Å². The molecule has 1 aliphatic heterocycles. The lowest BCUT2D eigenvalue weighted by molar-refractivity contribution is -0.126. The second-order valence-electron chi connectivity index (χ2n) is 6.81. The number of benzene rings is 1. The number of aryl methyl sites for hydroxylation is 1. The van der Waals surface area contributed by atoms with E-state index < -0.39 is 12.7 Å². The maximum absolute atomic E-state index is 12.4. The highest BCUT2D eigenvalue weighted by molar-refractivity contribution is 5.86. The first-order chi connectivity index (χ1) is 11.3. The number of fused-ring (bicyclic) bond motifs is 2. The zero-order valence-electron chi connectivity index (χ0n) is 14.4. The van der Waals surface area contributed by atoms with Crippen molar-refractivity contribution in [3.63, 3.8) is 0 Å². The number of hydrogen-bond acceptors (Lipinski definition) is 2. The molecule has 132 valence electrons. The highest BCUT2D eigenvalue weighted by Gasteiger charge is 2.27. The van der Waals surface area contributed by atoms with Crippen molar-refractivity contribution in [2.24, 2.45) is 7.05 Å². The average molecular weight is 339 g/mol. The van der Waals surface area contributed by atoms with E-state index in [0.717, 1.165) is 36.1 Å². The maximum atomic E-state index is 12.4. The lowest BCUT2D eigenvalue weighted by atomic mass is 10.0. The summed E-state index contributed by atoms with van der Waals surface area (Å²) in [7, 11) is 2.00. The Morgan fingerprint density at radius 3 is 2.50 bits per heavy atom. The summed E-state index contributed by atoms with van der Waals surface area (Å²) < 4.78 is 39.2. The van der Waals surface area contributed by atoms with Crippen LogP contribution in [0.25, 0.3) is 10.9 Å². The Morgan fingerprint density at radius 2 is 1.88 bits per heavy atom. The van der Waals surface area contributed by atoms with Crippen LogP contribution in [0.5, 0.6) is 0 Å². The summed E-state index contributed by atoms with van der Waals surface area (Å²) in [5.74, 6) is 0. The van der Waals surface area contributed by atoms with Crippen LogP contribution in [0.15, 0.2) is 18.3 Å². The quantitative estimate of drug-likeness (QED) is 0.898. The highest BCUT2D eigenvalue weighted by atomic mass is 19.4. The molecule has 0 radical (unpaired) electrons. The van der Waals surface area contributed by atoms with Crippen molar-refractivity contribution in [2.75, 3.05) is 13.1 Å². The van der Waals surface area contributed by atoms with Gasteiger partial charge in [0.1, 0.15) is 0 Å². The van der Waals surface area contributed by atoms with Gasteiger partial charge in [0, 0.05) is 43.3 Å². The van der Waals surface area contributed by atoms with Crippen LogP contribution in [0.3, 0.4) is 0 Å². The summed E-state index contributed by atoms with van der Waals surface area (Å²) in [6.45, 7) is 5.97. The third-order valence-corrected chi connectivity index (χ3v) is 4.81. The second-order valence-corrected chi connectivity index (χ2v) is 6.81. The standard InChI is InChI=1S/C18H24F3N3/c1-4-24-9-13-6-16-15(5-12(2)22-11-18(19,20)21)8-23(3)17(16)7-14(13)10-24/h6-8,12,22H,4-5,9-11H2,1-3H3. The van der Waals surface area contributed by atoms with Crippen LogP contribution in [0, 0.1) is 0 Å². The average Bonchev–Trinajstić information content (AvgIpc) is 3.04. The first-order valence-electron chi connectivity index (χ1n) is 8.39. The molecule has 0 saturated carbocycles. The van der Waals surface area contributed by atoms with E-state index in [1.165, 1.54) is 11.1 Å². The number of halogens is 3. The van der Waals surface area contributed by atoms with Crippen LogP contribution in [-0.2, 0) is 26.6 Å². The van der Waals surface area contributed by atoms with E-state index in [1.807, 2.05) is 13.2 Å². The molecule has 1 N–H and O–H groups in total. The van der Waals surface area contributed by atoms with E-state index in [0.29, 0.717) is 6.42 Å². The predicted molar refractivity (Wildman–Crippen MR) is 89.9 cm³/mol. The van der Waals surface area contributed by atoms with Gasteiger partial charge < -0.3 is 9.88 Å². The predicted octanol–water partition coefficient (Wildman–Crippen LogP) is 3.60. The molecule has 2 heterocycles. The second kappa shape index (κ2) is 6.41. The van der Waals surface area contributed by atoms with Crippen LogP contribution in [-0.4, -0.2) is 34.8 Å². The van der Waals surface area contributed by atoms with Gasteiger partial charge in [0.2, 0.25) is 0 Å². The maximum Gasteiger partial charge on any atom is 0.401 e. The molecule has 0 fully saturated rings. The number of nitrogens with one attached hydrogen (secondary N) is 1. The summed E-state index contributed by atoms with van der Waals surface area (Å²) >= 11 is 0. The molecular weight excluding hydrogens is 315 g/mol. The molecule has 6 heteroatoms. The zero-order chi connectivity index (χ0) is 17.5. The SMILES string of the molecule is CCN1Cc2cc3c(CC(C)NCC(F)(F)F)cn(C)c3cc2C1. The molecule has 0 bridgehead atoms. The van der Waals surface area contributed by atoms with Crippen LogP contribution in [0.1, 0.15) is 30.5 Å². The summed E-state index contributed by atoms with van der Waals surface area (Å²) in [6.07, 6.45) is -1.54. The van der Waals surface area contributed by atoms with Gasteiger partial charge in [0.25, 0.3) is 0 Å². The fraction of sp³-hybridized carbons (Fsp3) is 0.556. The Morgan fingerprint density at radius 1 is 1.21 bits per heavy atom. The summed E-state index contributed by atoms with van der Waals surface area (Å²) in [5, 5.41) is 3.73. The zero-order valence-corrected chi connectivity index (χ0v) is 14.4. The van der Waals surface area contributed by atoms with Crippen LogP contribution in [0.4, 0.5) is 13.2 Å². The molecule has 24 heavy (non-hydrogen) atoms. The molecule has 3 nitrogen and oxygen atoms in total. The highest BCUT2D eigenvalue weighted by Crippen LogP contribution is 2.30. The molecule has 1 aromatic carbocycles. The minimum atomic E-state index is -4.17. The Hall–Kier alpha value is -1.53. The molecular formula is C18H24F3N3. The summed E-state index contributed by atoms with van der Waals surface area (Å²) in [4.78, 5) is 2.39. The van der Waals surface area contributed by atoms with Crippen LogP contribution >= 0.6 is 0 Å². The fourth-order valence-electron chi connectivity index (χ4n) is 3.51. The Bertz CT molecular complexity index is 733. The molecule has 2 aromatic rings. The largest absolute Gasteiger partial charge is 0.401 e. The van der Waals surface area contributed by atoms with Gasteiger partial charge in [-0.15, -0.1) is 0 Å². The van der Waals surface area contributed by atoms with E-state index >= 15 is 0 Å². The molecule has 1 aliphatic rings. The molecule has 1 aromatic heterocycles. The van der Waals surface area contributed by atoms with E-state index in [1.54, 1.807) is 6.92 Å². The topological polar surface area (TPSA) is 20.2 Å². The summed E-state index contributed by atoms with van der Waals surface area (Å²) in [5.41, 5.74) is 4.96. The van der Waals surface area contributed by atoms with E-state index in [4.69, 9.17) is 0 Å². The third-order valence-electron chi connectivity index (χ3n) is 4.81. The van der Waals surface area contributed by atoms with Crippen molar-refractivity contribution in [3.8, 4) is 0 Å². The minimum absolute atomic E-state index is 0.224. The van der Waals surface area contributed by atoms with Gasteiger partial charge in [-0.3, -0.25) is 4.90 Å². The van der Waals surface area contributed by atoms with Crippen molar-refractivity contribution in [2.45, 2.75) is 45.6 Å². The normalized spacial score (nSPS) is 16.8. The smallest absolute Gasteiger partial charge is 0.350 e. The van der Waals surface area contributed by atoms with Gasteiger partial charge in [0.15, 0.2) is 0 Å². The van der Waals surface area contributed by atoms with Gasteiger partial charge in [0.05, 0.1) is 6.54 Å². The molecule has 0 amide bonds. The number of aromatic nitrogens is 1. The van der Waals surface area contributed by atoms with Crippen molar-refractivity contribution < 1.29 is 13.2 Å². The van der Waals surface area contributed by atoms with Gasteiger partial charge >= 0.3 is 6.18 Å². The number of hydrogen-bond donors (Lipinski definition) is 1. The van der Waals surface area contributed by atoms with Gasteiger partial charge in [-0.2, -0.15) is 13.2 Å². The number of nitrogens with zero attached hydrogens (tertiary/aromatic N) is 2.